The molecule has 172 valence electrons. The lowest BCUT2D eigenvalue weighted by atomic mass is 10.2. The zero-order valence-corrected chi connectivity index (χ0v) is 19.8. The van der Waals surface area contributed by atoms with Gasteiger partial charge in [-0.2, -0.15) is 0 Å². The van der Waals surface area contributed by atoms with Crippen LogP contribution in [0.3, 0.4) is 0 Å². The molecule has 8 heteroatoms. The van der Waals surface area contributed by atoms with Gasteiger partial charge in [0.05, 0.1) is 5.02 Å². The molecule has 6 nitrogen and oxygen atoms in total. The number of furan rings is 1. The van der Waals surface area contributed by atoms with Crippen LogP contribution in [-0.2, 0) is 4.79 Å². The minimum absolute atomic E-state index is 0.188. The minimum Gasteiger partial charge on any atom is -0.451 e. The summed E-state index contributed by atoms with van der Waals surface area (Å²) < 4.78 is 5.71. The molecule has 0 radical (unpaired) electrons. The van der Waals surface area contributed by atoms with Gasteiger partial charge in [0.2, 0.25) is 5.91 Å². The maximum Gasteiger partial charge on any atom is 0.291 e. The van der Waals surface area contributed by atoms with E-state index in [0.29, 0.717) is 33.5 Å². The molecule has 0 unspecified atom stereocenters. The number of amides is 2. The van der Waals surface area contributed by atoms with E-state index in [1.54, 1.807) is 30.3 Å². The van der Waals surface area contributed by atoms with Crippen LogP contribution < -0.4 is 10.2 Å². The van der Waals surface area contributed by atoms with Crippen LogP contribution >= 0.6 is 23.2 Å². The average Bonchev–Trinajstić information content (AvgIpc) is 3.30. The number of piperazine rings is 1. The van der Waals surface area contributed by atoms with E-state index in [4.69, 9.17) is 27.6 Å². The fourth-order valence-corrected chi connectivity index (χ4v) is 4.33. The smallest absolute Gasteiger partial charge is 0.291 e. The highest BCUT2D eigenvalue weighted by atomic mass is 35.5. The van der Waals surface area contributed by atoms with Gasteiger partial charge in [0.25, 0.3) is 5.91 Å². The zero-order valence-electron chi connectivity index (χ0n) is 18.3. The number of halogens is 2. The second-order valence-corrected chi connectivity index (χ2v) is 8.75. The van der Waals surface area contributed by atoms with Gasteiger partial charge in [-0.05, 0) is 61.0 Å². The summed E-state index contributed by atoms with van der Waals surface area (Å²) in [6.45, 7) is 5.08. The number of nitrogens with one attached hydrogen (secondary N) is 1. The number of hydrogen-bond acceptors (Lipinski definition) is 4. The van der Waals surface area contributed by atoms with Gasteiger partial charge in [-0.3, -0.25) is 9.59 Å². The Morgan fingerprint density at radius 1 is 0.970 bits per heavy atom. The first-order chi connectivity index (χ1) is 15.9. The summed E-state index contributed by atoms with van der Waals surface area (Å²) in [5, 5.41) is 3.84. The lowest BCUT2D eigenvalue weighted by Crippen LogP contribution is -2.48. The molecule has 33 heavy (non-hydrogen) atoms. The second kappa shape index (κ2) is 10.3. The van der Waals surface area contributed by atoms with Crippen LogP contribution in [0.5, 0.6) is 0 Å². The van der Waals surface area contributed by atoms with E-state index < -0.39 is 0 Å². The van der Waals surface area contributed by atoms with Crippen molar-refractivity contribution in [2.24, 2.45) is 0 Å². The third-order valence-corrected chi connectivity index (χ3v) is 6.16. The minimum atomic E-state index is -0.345. The van der Waals surface area contributed by atoms with Gasteiger partial charge in [-0.25, -0.2) is 0 Å². The van der Waals surface area contributed by atoms with Crippen LogP contribution in [0.15, 0.2) is 59.0 Å². The summed E-state index contributed by atoms with van der Waals surface area (Å²) >= 11 is 12.2. The van der Waals surface area contributed by atoms with E-state index in [1.807, 2.05) is 36.1 Å². The molecule has 0 atom stereocenters. The molecule has 0 aliphatic carbocycles. The van der Waals surface area contributed by atoms with E-state index in [-0.39, 0.29) is 17.6 Å². The Bertz CT molecular complexity index is 1140. The van der Waals surface area contributed by atoms with Gasteiger partial charge in [-0.15, -0.1) is 0 Å². The molecule has 2 aromatic carbocycles. The van der Waals surface area contributed by atoms with Crippen molar-refractivity contribution in [3.8, 4) is 11.3 Å². The predicted molar refractivity (Wildman–Crippen MR) is 132 cm³/mol. The summed E-state index contributed by atoms with van der Waals surface area (Å²) in [6, 6.07) is 16.1. The van der Waals surface area contributed by atoms with Gasteiger partial charge in [0.15, 0.2) is 5.76 Å². The molecule has 1 aromatic heterocycles. The Labute approximate surface area is 203 Å². The highest BCUT2D eigenvalue weighted by molar-refractivity contribution is 6.36. The number of benzene rings is 2. The molecule has 1 fully saturated rings. The Morgan fingerprint density at radius 3 is 2.36 bits per heavy atom. The number of anilines is 2. The van der Waals surface area contributed by atoms with E-state index >= 15 is 0 Å². The van der Waals surface area contributed by atoms with Crippen LogP contribution in [0.2, 0.25) is 10.0 Å². The standard InChI is InChI=1S/C25H25Cl2N3O3/c1-2-3-24(31)30-14-12-29(13-15-30)19-7-5-18(6-8-19)28-25(32)23-11-10-22(33-23)20-9-4-17(26)16-21(20)27/h4-11,16H,2-3,12-15H2,1H3,(H,28,32). The first-order valence-corrected chi connectivity index (χ1v) is 11.7. The topological polar surface area (TPSA) is 65.8 Å². The van der Waals surface area contributed by atoms with Crippen molar-refractivity contribution in [3.05, 3.63) is 70.4 Å². The maximum atomic E-state index is 12.6. The Morgan fingerprint density at radius 2 is 1.70 bits per heavy atom. The van der Waals surface area contributed by atoms with Gasteiger partial charge in [0.1, 0.15) is 5.76 Å². The van der Waals surface area contributed by atoms with Crippen LogP contribution in [0.1, 0.15) is 30.3 Å². The van der Waals surface area contributed by atoms with Crippen molar-refractivity contribution in [3.63, 3.8) is 0 Å². The molecule has 1 aliphatic heterocycles. The normalized spacial score (nSPS) is 13.8. The van der Waals surface area contributed by atoms with E-state index in [2.05, 4.69) is 10.2 Å². The first-order valence-electron chi connectivity index (χ1n) is 10.9. The lowest BCUT2D eigenvalue weighted by Gasteiger charge is -2.36. The zero-order chi connectivity index (χ0) is 23.4. The number of carbonyl (C=O) groups excluding carboxylic acids is 2. The predicted octanol–water partition coefficient (Wildman–Crippen LogP) is 5.95. The summed E-state index contributed by atoms with van der Waals surface area (Å²) in [4.78, 5) is 28.9. The quantitative estimate of drug-likeness (QED) is 0.468. The molecule has 1 saturated heterocycles. The summed E-state index contributed by atoms with van der Waals surface area (Å²) in [7, 11) is 0. The van der Waals surface area contributed by atoms with Crippen LogP contribution in [0.4, 0.5) is 11.4 Å². The number of rotatable bonds is 6. The van der Waals surface area contributed by atoms with Crippen LogP contribution in [-0.4, -0.2) is 42.9 Å². The van der Waals surface area contributed by atoms with Gasteiger partial charge in [0, 0.05) is 54.6 Å². The van der Waals surface area contributed by atoms with E-state index in [1.165, 1.54) is 0 Å². The second-order valence-electron chi connectivity index (χ2n) is 7.91. The van der Waals surface area contributed by atoms with Crippen molar-refractivity contribution >= 4 is 46.4 Å². The maximum absolute atomic E-state index is 12.6. The third-order valence-electron chi connectivity index (χ3n) is 5.61. The SMILES string of the molecule is CCCC(=O)N1CCN(c2ccc(NC(=O)c3ccc(-c4ccc(Cl)cc4Cl)o3)cc2)CC1. The van der Waals surface area contributed by atoms with Crippen molar-refractivity contribution < 1.29 is 14.0 Å². The Kier molecular flexibility index (Phi) is 7.26. The van der Waals surface area contributed by atoms with Crippen molar-refractivity contribution in [1.82, 2.24) is 4.90 Å². The molecule has 3 aromatic rings. The van der Waals surface area contributed by atoms with Crippen LogP contribution in [0, 0.1) is 0 Å². The molecule has 0 bridgehead atoms. The average molecular weight is 486 g/mol. The molecule has 1 aliphatic rings. The molecule has 2 amide bonds. The molecule has 0 saturated carbocycles. The van der Waals surface area contributed by atoms with Gasteiger partial charge < -0.3 is 19.5 Å². The van der Waals surface area contributed by atoms with Crippen LogP contribution in [0.25, 0.3) is 11.3 Å². The molecule has 1 N–H and O–H groups in total. The lowest BCUT2D eigenvalue weighted by molar-refractivity contribution is -0.131. The van der Waals surface area contributed by atoms with Gasteiger partial charge >= 0.3 is 0 Å². The summed E-state index contributed by atoms with van der Waals surface area (Å²) in [5.74, 6) is 0.568. The largest absolute Gasteiger partial charge is 0.451 e. The van der Waals surface area contributed by atoms with E-state index in [9.17, 15) is 9.59 Å². The van der Waals surface area contributed by atoms with Crippen molar-refractivity contribution in [2.45, 2.75) is 19.8 Å². The highest BCUT2D eigenvalue weighted by Gasteiger charge is 2.21. The number of nitrogens with zero attached hydrogens (tertiary/aromatic N) is 2. The van der Waals surface area contributed by atoms with Gasteiger partial charge in [-0.1, -0.05) is 30.1 Å². The van der Waals surface area contributed by atoms with Crippen molar-refractivity contribution in [2.75, 3.05) is 36.4 Å². The fourth-order valence-electron chi connectivity index (χ4n) is 3.83. The monoisotopic (exact) mass is 485 g/mol. The third kappa shape index (κ3) is 5.52. The Balaban J connectivity index is 1.35. The molecule has 2 heterocycles. The number of carbonyl (C=O) groups is 2. The molecule has 4 rings (SSSR count). The summed E-state index contributed by atoms with van der Waals surface area (Å²) in [5.41, 5.74) is 2.40. The first kappa shape index (κ1) is 23.2. The highest BCUT2D eigenvalue weighted by Crippen LogP contribution is 2.31. The Hall–Kier alpha value is -2.96. The molecule has 0 spiro atoms. The molecular formula is C25H25Cl2N3O3. The summed E-state index contributed by atoms with van der Waals surface area (Å²) in [6.07, 6.45) is 1.48. The van der Waals surface area contributed by atoms with E-state index in [0.717, 1.165) is 38.3 Å². The number of hydrogen-bond donors (Lipinski definition) is 1. The van der Waals surface area contributed by atoms with Crippen molar-refractivity contribution in [1.29, 1.82) is 0 Å². The molecular weight excluding hydrogens is 461 g/mol. The fraction of sp³-hybridized carbons (Fsp3) is 0.280.